The van der Waals surface area contributed by atoms with Gasteiger partial charge in [0.25, 0.3) is 0 Å². The molecular weight excluding hydrogens is 348 g/mol. The Kier molecular flexibility index (Phi) is 5.97. The highest BCUT2D eigenvalue weighted by Gasteiger charge is 2.63. The number of Topliss-reactive ketones (excluding diaryl/α,β-unsaturated/α-hetero) is 1. The van der Waals surface area contributed by atoms with E-state index in [4.69, 9.17) is 9.47 Å². The first-order chi connectivity index (χ1) is 13.4. The lowest BCUT2D eigenvalue weighted by atomic mass is 9.45. The average molecular weight is 391 g/mol. The minimum atomic E-state index is 0.219. The third-order valence-corrected chi connectivity index (χ3v) is 9.42. The van der Waals surface area contributed by atoms with E-state index in [9.17, 15) is 4.79 Å². The minimum absolute atomic E-state index is 0.219. The van der Waals surface area contributed by atoms with E-state index in [0.29, 0.717) is 47.1 Å². The zero-order valence-electron chi connectivity index (χ0n) is 18.7. The lowest BCUT2D eigenvalue weighted by molar-refractivity contribution is -0.166. The molecular formula is C25H42O3. The van der Waals surface area contributed by atoms with E-state index in [0.717, 1.165) is 45.3 Å². The van der Waals surface area contributed by atoms with E-state index >= 15 is 0 Å². The highest BCUT2D eigenvalue weighted by molar-refractivity contribution is 5.83. The molecule has 4 aliphatic carbocycles. The molecule has 0 heterocycles. The number of rotatable bonds is 6. The summed E-state index contributed by atoms with van der Waals surface area (Å²) in [6.45, 7) is 11.1. The second kappa shape index (κ2) is 8.02. The van der Waals surface area contributed by atoms with Crippen LogP contribution < -0.4 is 0 Å². The lowest BCUT2D eigenvalue weighted by Crippen LogP contribution is -2.57. The van der Waals surface area contributed by atoms with Crippen molar-refractivity contribution < 1.29 is 14.3 Å². The van der Waals surface area contributed by atoms with Crippen molar-refractivity contribution >= 4 is 5.78 Å². The Hall–Kier alpha value is -0.410. The average Bonchev–Trinajstić information content (AvgIpc) is 3.01. The van der Waals surface area contributed by atoms with Crippen LogP contribution in [0.5, 0.6) is 0 Å². The Balaban J connectivity index is 1.52. The summed E-state index contributed by atoms with van der Waals surface area (Å²) in [5, 5.41) is 0. The standard InChI is InChI=1S/C25H42O3/c1-5-13-27-18-9-11-24(3)17(15-18)16-21(26)23-19-7-8-22(28-14-6-2)25(19,4)12-10-20(23)24/h17-20,22-23H,5-16H2,1-4H3/t17-,18+,19-,20+,22+,23-,24+,25+/m1/s1. The molecule has 0 unspecified atom stereocenters. The first kappa shape index (κ1) is 20.8. The van der Waals surface area contributed by atoms with Crippen LogP contribution in [0.25, 0.3) is 0 Å². The Labute approximate surface area is 172 Å². The Morgan fingerprint density at radius 2 is 1.57 bits per heavy atom. The largest absolute Gasteiger partial charge is 0.378 e. The van der Waals surface area contributed by atoms with Crippen LogP contribution in [0.15, 0.2) is 0 Å². The van der Waals surface area contributed by atoms with E-state index in [1.54, 1.807) is 0 Å². The van der Waals surface area contributed by atoms with E-state index in [-0.39, 0.29) is 5.41 Å². The molecule has 3 heteroatoms. The molecule has 0 N–H and O–H groups in total. The van der Waals surface area contributed by atoms with Gasteiger partial charge in [-0.05, 0) is 86.4 Å². The molecule has 8 atom stereocenters. The van der Waals surface area contributed by atoms with Crippen molar-refractivity contribution in [2.75, 3.05) is 13.2 Å². The first-order valence-electron chi connectivity index (χ1n) is 12.2. The SMILES string of the molecule is CCCO[C@H]1CC[C@@]2(C)[C@@H](CC(=O)[C@@H]3[C@H]4CC[C@H](OCCC)[C@@]4(C)CC[C@@H]32)C1. The van der Waals surface area contributed by atoms with Crippen molar-refractivity contribution in [1.29, 1.82) is 0 Å². The number of fused-ring (bicyclic) bond motifs is 5. The van der Waals surface area contributed by atoms with Crippen LogP contribution in [-0.2, 0) is 14.3 Å². The third kappa shape index (κ3) is 3.29. The maximum absolute atomic E-state index is 13.5. The van der Waals surface area contributed by atoms with Crippen molar-refractivity contribution in [1.82, 2.24) is 0 Å². The molecule has 0 aromatic carbocycles. The molecule has 0 spiro atoms. The summed E-state index contributed by atoms with van der Waals surface area (Å²) in [7, 11) is 0. The quantitative estimate of drug-likeness (QED) is 0.575. The second-order valence-corrected chi connectivity index (χ2v) is 10.9. The normalized spacial score (nSPS) is 48.1. The molecule has 0 radical (unpaired) electrons. The summed E-state index contributed by atoms with van der Waals surface area (Å²) < 4.78 is 12.4. The monoisotopic (exact) mass is 390 g/mol. The molecule has 4 fully saturated rings. The van der Waals surface area contributed by atoms with Crippen molar-refractivity contribution in [3.8, 4) is 0 Å². The molecule has 4 aliphatic rings. The summed E-state index contributed by atoms with van der Waals surface area (Å²) >= 11 is 0. The topological polar surface area (TPSA) is 35.5 Å². The molecule has 0 aromatic rings. The van der Waals surface area contributed by atoms with E-state index in [1.807, 2.05) is 0 Å². The number of hydrogen-bond acceptors (Lipinski definition) is 3. The van der Waals surface area contributed by atoms with Gasteiger partial charge in [0.05, 0.1) is 12.2 Å². The second-order valence-electron chi connectivity index (χ2n) is 10.9. The number of carbonyl (C=O) groups excluding carboxylic acids is 1. The van der Waals surface area contributed by atoms with E-state index in [2.05, 4.69) is 27.7 Å². The van der Waals surface area contributed by atoms with Gasteiger partial charge in [0.1, 0.15) is 5.78 Å². The minimum Gasteiger partial charge on any atom is -0.378 e. The van der Waals surface area contributed by atoms with Gasteiger partial charge in [-0.1, -0.05) is 27.7 Å². The number of carbonyl (C=O) groups is 1. The van der Waals surface area contributed by atoms with Gasteiger partial charge in [0.2, 0.25) is 0 Å². The summed E-state index contributed by atoms with van der Waals surface area (Å²) in [4.78, 5) is 13.5. The highest BCUT2D eigenvalue weighted by Crippen LogP contribution is 2.65. The van der Waals surface area contributed by atoms with Gasteiger partial charge in [-0.2, -0.15) is 0 Å². The van der Waals surface area contributed by atoms with Crippen LogP contribution >= 0.6 is 0 Å². The third-order valence-electron chi connectivity index (χ3n) is 9.42. The van der Waals surface area contributed by atoms with Crippen LogP contribution in [-0.4, -0.2) is 31.2 Å². The van der Waals surface area contributed by atoms with E-state index < -0.39 is 0 Å². The molecule has 4 saturated carbocycles. The molecule has 4 rings (SSSR count). The molecule has 28 heavy (non-hydrogen) atoms. The molecule has 0 aliphatic heterocycles. The van der Waals surface area contributed by atoms with Crippen LogP contribution in [0, 0.1) is 34.5 Å². The van der Waals surface area contributed by atoms with Gasteiger partial charge in [-0.3, -0.25) is 4.79 Å². The van der Waals surface area contributed by atoms with Gasteiger partial charge in [-0.15, -0.1) is 0 Å². The Bertz CT molecular complexity index is 574. The van der Waals surface area contributed by atoms with Gasteiger partial charge >= 0.3 is 0 Å². The molecule has 0 saturated heterocycles. The highest BCUT2D eigenvalue weighted by atomic mass is 16.5. The fourth-order valence-electron chi connectivity index (χ4n) is 7.81. The number of ether oxygens (including phenoxy) is 2. The van der Waals surface area contributed by atoms with Gasteiger partial charge < -0.3 is 9.47 Å². The smallest absolute Gasteiger partial charge is 0.136 e. The molecule has 0 amide bonds. The Morgan fingerprint density at radius 3 is 2.32 bits per heavy atom. The predicted octanol–water partition coefficient (Wildman–Crippen LogP) is 5.80. The number of hydrogen-bond donors (Lipinski definition) is 0. The van der Waals surface area contributed by atoms with Crippen LogP contribution in [0.2, 0.25) is 0 Å². The van der Waals surface area contributed by atoms with Gasteiger partial charge in [-0.25, -0.2) is 0 Å². The molecule has 0 bridgehead atoms. The Morgan fingerprint density at radius 1 is 0.893 bits per heavy atom. The fraction of sp³-hybridized carbons (Fsp3) is 0.960. The zero-order chi connectivity index (χ0) is 19.9. The fourth-order valence-corrected chi connectivity index (χ4v) is 7.81. The van der Waals surface area contributed by atoms with Gasteiger partial charge in [0, 0.05) is 25.6 Å². The predicted molar refractivity (Wildman–Crippen MR) is 112 cm³/mol. The van der Waals surface area contributed by atoms with Crippen LogP contribution in [0.3, 0.4) is 0 Å². The van der Waals surface area contributed by atoms with E-state index in [1.165, 1.54) is 32.1 Å². The summed E-state index contributed by atoms with van der Waals surface area (Å²) in [5.74, 6) is 2.55. The number of ketones is 1. The zero-order valence-corrected chi connectivity index (χ0v) is 18.7. The van der Waals surface area contributed by atoms with Crippen molar-refractivity contribution in [3.05, 3.63) is 0 Å². The summed E-state index contributed by atoms with van der Waals surface area (Å²) in [5.41, 5.74) is 0.560. The van der Waals surface area contributed by atoms with Crippen LogP contribution in [0.1, 0.15) is 91.9 Å². The van der Waals surface area contributed by atoms with Crippen LogP contribution in [0.4, 0.5) is 0 Å². The summed E-state index contributed by atoms with van der Waals surface area (Å²) in [6, 6.07) is 0. The molecule has 3 nitrogen and oxygen atoms in total. The van der Waals surface area contributed by atoms with Crippen molar-refractivity contribution in [2.24, 2.45) is 34.5 Å². The lowest BCUT2D eigenvalue weighted by Gasteiger charge is -2.60. The van der Waals surface area contributed by atoms with Crippen molar-refractivity contribution in [2.45, 2.75) is 104 Å². The van der Waals surface area contributed by atoms with Gasteiger partial charge in [0.15, 0.2) is 0 Å². The maximum atomic E-state index is 13.5. The molecule has 160 valence electrons. The van der Waals surface area contributed by atoms with Crippen molar-refractivity contribution in [3.63, 3.8) is 0 Å². The first-order valence-corrected chi connectivity index (χ1v) is 12.2. The maximum Gasteiger partial charge on any atom is 0.136 e. The summed E-state index contributed by atoms with van der Waals surface area (Å²) in [6.07, 6.45) is 12.1. The molecule has 0 aromatic heterocycles.